The largest absolute Gasteiger partial charge is 0.497 e. The van der Waals surface area contributed by atoms with Gasteiger partial charge in [-0.2, -0.15) is 0 Å². The Morgan fingerprint density at radius 2 is 1.63 bits per heavy atom. The Labute approximate surface area is 177 Å². The molecule has 0 aromatic heterocycles. The van der Waals surface area contributed by atoms with Crippen LogP contribution < -0.4 is 14.8 Å². The lowest BCUT2D eigenvalue weighted by molar-refractivity contribution is 0.0937. The molecule has 0 bridgehead atoms. The van der Waals surface area contributed by atoms with E-state index in [4.69, 9.17) is 9.47 Å². The van der Waals surface area contributed by atoms with E-state index in [9.17, 15) is 4.79 Å². The number of amides is 1. The lowest BCUT2D eigenvalue weighted by atomic mass is 9.97. The summed E-state index contributed by atoms with van der Waals surface area (Å²) in [4.78, 5) is 15.4. The van der Waals surface area contributed by atoms with Gasteiger partial charge in [0.05, 0.1) is 20.3 Å². The number of rotatable bonds is 7. The summed E-state index contributed by atoms with van der Waals surface area (Å²) in [5, 5.41) is 5.62. The maximum atomic E-state index is 13.0. The smallest absolute Gasteiger partial charge is 0.251 e. The number of nitrogens with one attached hydrogen (secondary N) is 1. The van der Waals surface area contributed by atoms with Gasteiger partial charge in [0.1, 0.15) is 11.5 Å². The average molecular weight is 405 g/mol. The summed E-state index contributed by atoms with van der Waals surface area (Å²) in [5.41, 5.74) is 1.79. The van der Waals surface area contributed by atoms with Crippen LogP contribution in [-0.2, 0) is 0 Å². The molecule has 0 aliphatic carbocycles. The molecule has 5 heteroatoms. The highest BCUT2D eigenvalue weighted by Gasteiger charge is 2.25. The molecule has 0 spiro atoms. The van der Waals surface area contributed by atoms with E-state index in [1.165, 1.54) is 29.2 Å². The van der Waals surface area contributed by atoms with E-state index in [0.717, 1.165) is 13.1 Å². The van der Waals surface area contributed by atoms with Crippen molar-refractivity contribution in [1.29, 1.82) is 0 Å². The third-order valence-electron chi connectivity index (χ3n) is 5.83. The number of likely N-dealkylation sites (tertiary alicyclic amines) is 1. The fourth-order valence-electron chi connectivity index (χ4n) is 4.26. The number of hydrogen-bond acceptors (Lipinski definition) is 4. The van der Waals surface area contributed by atoms with Crippen LogP contribution in [0.1, 0.15) is 34.8 Å². The van der Waals surface area contributed by atoms with Gasteiger partial charge in [-0.1, -0.05) is 42.5 Å². The van der Waals surface area contributed by atoms with Crippen LogP contribution in [0, 0.1) is 0 Å². The molecule has 4 rings (SSSR count). The Morgan fingerprint density at radius 3 is 2.33 bits per heavy atom. The molecule has 1 unspecified atom stereocenters. The molecule has 156 valence electrons. The van der Waals surface area contributed by atoms with E-state index < -0.39 is 0 Å². The van der Waals surface area contributed by atoms with Crippen molar-refractivity contribution in [2.24, 2.45) is 0 Å². The molecule has 30 heavy (non-hydrogen) atoms. The number of fused-ring (bicyclic) bond motifs is 1. The van der Waals surface area contributed by atoms with Crippen molar-refractivity contribution in [1.82, 2.24) is 10.2 Å². The first-order valence-electron chi connectivity index (χ1n) is 10.4. The first kappa shape index (κ1) is 20.2. The van der Waals surface area contributed by atoms with Crippen molar-refractivity contribution in [2.45, 2.75) is 18.9 Å². The molecule has 1 aliphatic rings. The molecule has 1 heterocycles. The van der Waals surface area contributed by atoms with Crippen molar-refractivity contribution in [3.63, 3.8) is 0 Å². The number of carbonyl (C=O) groups excluding carboxylic acids is 1. The second-order valence-corrected chi connectivity index (χ2v) is 7.64. The maximum Gasteiger partial charge on any atom is 0.251 e. The molecule has 0 radical (unpaired) electrons. The van der Waals surface area contributed by atoms with Gasteiger partial charge in [0.15, 0.2) is 0 Å². The molecule has 5 nitrogen and oxygen atoms in total. The number of methoxy groups -OCH3 is 2. The molecule has 3 aromatic rings. The Kier molecular flexibility index (Phi) is 6.19. The van der Waals surface area contributed by atoms with Crippen molar-refractivity contribution >= 4 is 16.7 Å². The maximum absolute atomic E-state index is 13.0. The third-order valence-corrected chi connectivity index (χ3v) is 5.83. The highest BCUT2D eigenvalue weighted by Crippen LogP contribution is 2.30. The quantitative estimate of drug-likeness (QED) is 0.633. The minimum absolute atomic E-state index is 0.128. The zero-order valence-corrected chi connectivity index (χ0v) is 17.6. The van der Waals surface area contributed by atoms with E-state index in [0.29, 0.717) is 23.6 Å². The first-order chi connectivity index (χ1) is 14.7. The Morgan fingerprint density at radius 1 is 0.967 bits per heavy atom. The summed E-state index contributed by atoms with van der Waals surface area (Å²) in [6, 6.07) is 20.3. The number of benzene rings is 3. The fraction of sp³-hybridized carbons (Fsp3) is 0.320. The predicted octanol–water partition coefficient (Wildman–Crippen LogP) is 4.42. The fourth-order valence-corrected chi connectivity index (χ4v) is 4.26. The van der Waals surface area contributed by atoms with Crippen LogP contribution in [0.3, 0.4) is 0 Å². The van der Waals surface area contributed by atoms with Gasteiger partial charge in [0.2, 0.25) is 0 Å². The third kappa shape index (κ3) is 4.26. The van der Waals surface area contributed by atoms with E-state index in [2.05, 4.69) is 52.7 Å². The van der Waals surface area contributed by atoms with Crippen LogP contribution in [0.4, 0.5) is 0 Å². The van der Waals surface area contributed by atoms with Gasteiger partial charge in [-0.25, -0.2) is 0 Å². The van der Waals surface area contributed by atoms with Gasteiger partial charge >= 0.3 is 0 Å². The summed E-state index contributed by atoms with van der Waals surface area (Å²) < 4.78 is 10.6. The van der Waals surface area contributed by atoms with Crippen LogP contribution in [0.2, 0.25) is 0 Å². The molecular formula is C25H28N2O3. The normalized spacial score (nSPS) is 15.1. The minimum Gasteiger partial charge on any atom is -0.497 e. The Hall–Kier alpha value is -3.05. The zero-order valence-electron chi connectivity index (χ0n) is 17.6. The van der Waals surface area contributed by atoms with E-state index in [1.807, 2.05) is 0 Å². The topological polar surface area (TPSA) is 50.8 Å². The molecule has 1 amide bonds. The molecule has 1 aliphatic heterocycles. The Bertz CT molecular complexity index is 1000. The van der Waals surface area contributed by atoms with Gasteiger partial charge in [0.25, 0.3) is 5.91 Å². The number of carbonyl (C=O) groups is 1. The Balaban J connectivity index is 1.60. The minimum atomic E-state index is -0.128. The number of ether oxygens (including phenoxy) is 2. The highest BCUT2D eigenvalue weighted by atomic mass is 16.5. The van der Waals surface area contributed by atoms with Crippen LogP contribution in [-0.4, -0.2) is 44.7 Å². The van der Waals surface area contributed by atoms with Gasteiger partial charge in [-0.3, -0.25) is 9.69 Å². The predicted molar refractivity (Wildman–Crippen MR) is 119 cm³/mol. The van der Waals surface area contributed by atoms with Crippen molar-refractivity contribution in [2.75, 3.05) is 33.9 Å². The number of nitrogens with zero attached hydrogens (tertiary/aromatic N) is 1. The van der Waals surface area contributed by atoms with Gasteiger partial charge in [-0.15, -0.1) is 0 Å². The molecule has 1 atom stereocenters. The second kappa shape index (κ2) is 9.18. The van der Waals surface area contributed by atoms with Crippen LogP contribution in [0.25, 0.3) is 10.8 Å². The molecule has 1 N–H and O–H groups in total. The summed E-state index contributed by atoms with van der Waals surface area (Å²) in [5.74, 6) is 1.07. The summed E-state index contributed by atoms with van der Waals surface area (Å²) >= 11 is 0. The molecule has 1 saturated heterocycles. The van der Waals surface area contributed by atoms with Gasteiger partial charge < -0.3 is 14.8 Å². The second-order valence-electron chi connectivity index (χ2n) is 7.64. The van der Waals surface area contributed by atoms with E-state index in [1.54, 1.807) is 32.4 Å². The molecule has 1 fully saturated rings. The van der Waals surface area contributed by atoms with Crippen LogP contribution in [0.5, 0.6) is 11.5 Å². The summed E-state index contributed by atoms with van der Waals surface area (Å²) in [6.45, 7) is 2.65. The van der Waals surface area contributed by atoms with Gasteiger partial charge in [-0.05, 0) is 54.4 Å². The van der Waals surface area contributed by atoms with Crippen LogP contribution >= 0.6 is 0 Å². The van der Waals surface area contributed by atoms with Crippen molar-refractivity contribution in [3.05, 3.63) is 71.8 Å². The zero-order chi connectivity index (χ0) is 20.9. The van der Waals surface area contributed by atoms with Crippen LogP contribution in [0.15, 0.2) is 60.7 Å². The monoisotopic (exact) mass is 404 g/mol. The molecule has 3 aromatic carbocycles. The first-order valence-corrected chi connectivity index (χ1v) is 10.4. The number of hydrogen-bond donors (Lipinski definition) is 1. The van der Waals surface area contributed by atoms with Gasteiger partial charge in [0, 0.05) is 18.2 Å². The SMILES string of the molecule is COc1cc(OC)cc(C(=O)NCC(c2cccc3ccccc23)N2CCCC2)c1. The standard InChI is InChI=1S/C25H28N2O3/c1-29-20-14-19(15-21(16-20)30-2)25(28)26-17-24(27-12-5-6-13-27)23-11-7-9-18-8-3-4-10-22(18)23/h3-4,7-11,14-16,24H,5-6,12-13,17H2,1-2H3,(H,26,28). The summed E-state index contributed by atoms with van der Waals surface area (Å²) in [7, 11) is 3.17. The van der Waals surface area contributed by atoms with E-state index >= 15 is 0 Å². The average Bonchev–Trinajstić information content (AvgIpc) is 3.33. The van der Waals surface area contributed by atoms with Crippen molar-refractivity contribution < 1.29 is 14.3 Å². The molecule has 0 saturated carbocycles. The molecular weight excluding hydrogens is 376 g/mol. The lowest BCUT2D eigenvalue weighted by Gasteiger charge is -2.29. The lowest BCUT2D eigenvalue weighted by Crippen LogP contribution is -2.37. The van der Waals surface area contributed by atoms with Crippen molar-refractivity contribution in [3.8, 4) is 11.5 Å². The highest BCUT2D eigenvalue weighted by molar-refractivity contribution is 5.95. The summed E-state index contributed by atoms with van der Waals surface area (Å²) in [6.07, 6.45) is 2.39. The van der Waals surface area contributed by atoms with E-state index in [-0.39, 0.29) is 11.9 Å².